The molecule has 6 rings (SSSR count). The van der Waals surface area contributed by atoms with E-state index in [0.29, 0.717) is 36.0 Å². The summed E-state index contributed by atoms with van der Waals surface area (Å²) >= 11 is 1.24. The summed E-state index contributed by atoms with van der Waals surface area (Å²) in [5.41, 5.74) is 2.75. The maximum absolute atomic E-state index is 13.4. The molecule has 20 heteroatoms. The van der Waals surface area contributed by atoms with Crippen LogP contribution in [0.25, 0.3) is 11.3 Å². The number of anilines is 2. The third kappa shape index (κ3) is 12.0. The Morgan fingerprint density at radius 1 is 0.935 bits per heavy atom. The van der Waals surface area contributed by atoms with Crippen LogP contribution in [0.3, 0.4) is 0 Å². The van der Waals surface area contributed by atoms with E-state index >= 15 is 0 Å². The second-order valence-corrected chi connectivity index (χ2v) is 17.6. The van der Waals surface area contributed by atoms with Gasteiger partial charge in [-0.2, -0.15) is 0 Å². The summed E-state index contributed by atoms with van der Waals surface area (Å²) in [4.78, 5) is 94.0. The van der Waals surface area contributed by atoms with Gasteiger partial charge in [0.1, 0.15) is 12.1 Å². The van der Waals surface area contributed by atoms with Gasteiger partial charge in [-0.25, -0.2) is 13.4 Å². The standard InChI is InChI=1S/C42H48N8O10S2/c1-62(58,59)49-21-17-28(25-49)37(53)45-32(38(54)48-42-46-33(26-61-42)27-10-5-4-6-11-27)18-23-60-22-9-12-35(51)44-20-8-3-2-7-19-43-29-13-14-30-31(24-29)41(57)50(40(30)56)34-15-16-36(52)47-39(34)55/h4-6,10-11,13-14,17,21,24-26,32,34,43H,2-3,7-9,12,15-16,18-20,22-23H2,1H3,(H,44,51)(H,45,53)(H,46,48,54)(H,47,52,55)/t32-,34?/m0/s1. The number of hydrogen-bond donors (Lipinski definition) is 5. The number of imide groups is 2. The number of benzene rings is 2. The van der Waals surface area contributed by atoms with Crippen LogP contribution in [0, 0.1) is 0 Å². The molecular formula is C42H48N8O10S2. The van der Waals surface area contributed by atoms with Crippen molar-refractivity contribution in [2.24, 2.45) is 0 Å². The van der Waals surface area contributed by atoms with Gasteiger partial charge in [0, 0.05) is 68.2 Å². The van der Waals surface area contributed by atoms with Crippen molar-refractivity contribution in [3.8, 4) is 11.3 Å². The molecule has 1 fully saturated rings. The number of thiazole rings is 1. The lowest BCUT2D eigenvalue weighted by atomic mass is 10.0. The normalized spacial score (nSPS) is 15.5. The van der Waals surface area contributed by atoms with E-state index in [9.17, 15) is 42.0 Å². The quantitative estimate of drug-likeness (QED) is 0.0562. The lowest BCUT2D eigenvalue weighted by molar-refractivity contribution is -0.136. The van der Waals surface area contributed by atoms with Crippen LogP contribution < -0.4 is 26.6 Å². The van der Waals surface area contributed by atoms with Gasteiger partial charge in [0.25, 0.3) is 17.7 Å². The highest BCUT2D eigenvalue weighted by Gasteiger charge is 2.44. The molecule has 2 aromatic carbocycles. The highest BCUT2D eigenvalue weighted by molar-refractivity contribution is 7.89. The molecule has 2 aliphatic heterocycles. The van der Waals surface area contributed by atoms with Crippen LogP contribution in [-0.2, 0) is 33.9 Å². The number of nitrogens with one attached hydrogen (secondary N) is 5. The first-order valence-electron chi connectivity index (χ1n) is 20.2. The Labute approximate surface area is 362 Å². The fourth-order valence-corrected chi connectivity index (χ4v) is 8.17. The molecule has 18 nitrogen and oxygen atoms in total. The molecule has 4 aromatic rings. The average molecular weight is 889 g/mol. The van der Waals surface area contributed by atoms with E-state index in [4.69, 9.17) is 4.74 Å². The zero-order chi connectivity index (χ0) is 44.2. The molecule has 4 heterocycles. The molecular weight excluding hydrogens is 841 g/mol. The Balaban J connectivity index is 0.852. The molecule has 328 valence electrons. The van der Waals surface area contributed by atoms with Gasteiger partial charge in [-0.15, -0.1) is 11.3 Å². The van der Waals surface area contributed by atoms with E-state index in [0.717, 1.165) is 46.4 Å². The number of amides is 7. The Morgan fingerprint density at radius 3 is 2.44 bits per heavy atom. The summed E-state index contributed by atoms with van der Waals surface area (Å²) in [6.07, 6.45) is 7.77. The van der Waals surface area contributed by atoms with Gasteiger partial charge >= 0.3 is 0 Å². The summed E-state index contributed by atoms with van der Waals surface area (Å²) in [5, 5.41) is 15.9. The second-order valence-electron chi connectivity index (χ2n) is 14.8. The summed E-state index contributed by atoms with van der Waals surface area (Å²) < 4.78 is 30.4. The van der Waals surface area contributed by atoms with Crippen molar-refractivity contribution in [3.63, 3.8) is 0 Å². The lowest BCUT2D eigenvalue weighted by Gasteiger charge is -2.27. The molecule has 62 heavy (non-hydrogen) atoms. The van der Waals surface area contributed by atoms with Crippen molar-refractivity contribution < 1.29 is 46.7 Å². The van der Waals surface area contributed by atoms with Gasteiger partial charge in [0.15, 0.2) is 5.13 Å². The van der Waals surface area contributed by atoms with E-state index in [1.807, 2.05) is 35.7 Å². The maximum atomic E-state index is 13.4. The van der Waals surface area contributed by atoms with Crippen LogP contribution in [0.2, 0.25) is 0 Å². The first-order chi connectivity index (χ1) is 29.8. The van der Waals surface area contributed by atoms with Gasteiger partial charge in [-0.1, -0.05) is 43.2 Å². The topological polar surface area (TPSA) is 244 Å². The molecule has 0 aliphatic carbocycles. The van der Waals surface area contributed by atoms with Crippen LogP contribution >= 0.6 is 11.3 Å². The van der Waals surface area contributed by atoms with Gasteiger partial charge in [0.05, 0.1) is 28.6 Å². The highest BCUT2D eigenvalue weighted by Crippen LogP contribution is 2.30. The fourth-order valence-electron chi connectivity index (χ4n) is 6.86. The van der Waals surface area contributed by atoms with E-state index in [-0.39, 0.29) is 61.5 Å². The number of carbonyl (C=O) groups is 7. The third-order valence-corrected chi connectivity index (χ3v) is 11.9. The SMILES string of the molecule is CS(=O)(=O)n1ccc(C(=O)N[C@@H](CCOCCCC(=O)NCCCCCCNc2ccc3c(c2)C(=O)N(C2CCC(=O)NC2=O)C3=O)C(=O)Nc2nc(-c3ccccc3)cs2)c1. The molecule has 1 unspecified atom stereocenters. The molecule has 0 radical (unpaired) electrons. The van der Waals surface area contributed by atoms with Crippen molar-refractivity contribution >= 4 is 73.5 Å². The minimum absolute atomic E-state index is 0.0566. The molecule has 1 saturated heterocycles. The molecule has 2 aromatic heterocycles. The molecule has 0 spiro atoms. The summed E-state index contributed by atoms with van der Waals surface area (Å²) in [5.74, 6) is -3.45. The maximum Gasteiger partial charge on any atom is 0.262 e. The minimum Gasteiger partial charge on any atom is -0.385 e. The van der Waals surface area contributed by atoms with Gasteiger partial charge < -0.3 is 26.0 Å². The van der Waals surface area contributed by atoms with Crippen molar-refractivity contribution in [2.75, 3.05) is 43.2 Å². The molecule has 0 bridgehead atoms. The Morgan fingerprint density at radius 2 is 1.69 bits per heavy atom. The Hall–Kier alpha value is -6.25. The average Bonchev–Trinajstić information content (AvgIpc) is 3.99. The third-order valence-electron chi connectivity index (χ3n) is 10.2. The van der Waals surface area contributed by atoms with Crippen molar-refractivity contribution in [2.45, 2.75) is 69.9 Å². The van der Waals surface area contributed by atoms with E-state index in [1.165, 1.54) is 29.8 Å². The molecule has 5 N–H and O–H groups in total. The number of ether oxygens (including phenoxy) is 1. The van der Waals surface area contributed by atoms with E-state index < -0.39 is 57.6 Å². The molecule has 2 atom stereocenters. The Bertz CT molecular complexity index is 2420. The van der Waals surface area contributed by atoms with Crippen molar-refractivity contribution in [3.05, 3.63) is 89.1 Å². The fraction of sp³-hybridized carbons (Fsp3) is 0.381. The van der Waals surface area contributed by atoms with Gasteiger partial charge in [0.2, 0.25) is 33.7 Å². The Kier molecular flexibility index (Phi) is 15.4. The van der Waals surface area contributed by atoms with Crippen LogP contribution in [0.15, 0.2) is 72.4 Å². The highest BCUT2D eigenvalue weighted by atomic mass is 32.2. The van der Waals surface area contributed by atoms with Crippen LogP contribution in [0.4, 0.5) is 10.8 Å². The minimum atomic E-state index is -3.61. The predicted molar refractivity (Wildman–Crippen MR) is 230 cm³/mol. The van der Waals surface area contributed by atoms with Crippen LogP contribution in [-0.4, -0.2) is 108 Å². The monoisotopic (exact) mass is 888 g/mol. The van der Waals surface area contributed by atoms with Crippen molar-refractivity contribution in [1.29, 1.82) is 0 Å². The van der Waals surface area contributed by atoms with Crippen LogP contribution in [0.5, 0.6) is 0 Å². The van der Waals surface area contributed by atoms with Crippen LogP contribution in [0.1, 0.15) is 88.9 Å². The number of piperidine rings is 1. The number of rotatable bonds is 22. The molecule has 2 aliphatic rings. The zero-order valence-electron chi connectivity index (χ0n) is 34.0. The number of hydrogen-bond acceptors (Lipinski definition) is 13. The predicted octanol–water partition coefficient (Wildman–Crippen LogP) is 3.53. The van der Waals surface area contributed by atoms with Gasteiger partial charge in [-0.3, -0.25) is 47.8 Å². The lowest BCUT2D eigenvalue weighted by Crippen LogP contribution is -2.54. The van der Waals surface area contributed by atoms with Gasteiger partial charge in [-0.05, 0) is 56.4 Å². The largest absolute Gasteiger partial charge is 0.385 e. The number of carbonyl (C=O) groups excluding carboxylic acids is 7. The summed E-state index contributed by atoms with van der Waals surface area (Å²) in [6.45, 7) is 1.50. The number of fused-ring (bicyclic) bond motifs is 1. The molecule has 0 saturated carbocycles. The zero-order valence-corrected chi connectivity index (χ0v) is 35.6. The first-order valence-corrected chi connectivity index (χ1v) is 23.0. The van der Waals surface area contributed by atoms with Crippen molar-refractivity contribution in [1.82, 2.24) is 29.8 Å². The van der Waals surface area contributed by atoms with E-state index in [1.54, 1.807) is 18.2 Å². The number of unbranched alkanes of at least 4 members (excludes halogenated alkanes) is 3. The van der Waals surface area contributed by atoms with E-state index in [2.05, 4.69) is 31.6 Å². The summed E-state index contributed by atoms with van der Waals surface area (Å²) in [6, 6.07) is 13.6. The smallest absolute Gasteiger partial charge is 0.262 e. The second kappa shape index (κ2) is 21.0. The summed E-state index contributed by atoms with van der Waals surface area (Å²) in [7, 11) is -3.61. The number of nitrogens with zero attached hydrogens (tertiary/aromatic N) is 3. The first kappa shape index (κ1) is 45.3. The number of aromatic nitrogens is 2. The molecule has 7 amide bonds.